The third-order valence-electron chi connectivity index (χ3n) is 5.20. The second kappa shape index (κ2) is 8.46. The highest BCUT2D eigenvalue weighted by atomic mass is 19.2. The summed E-state index contributed by atoms with van der Waals surface area (Å²) in [5, 5.41) is 7.88. The maximum Gasteiger partial charge on any atom is 0.224 e. The van der Waals surface area contributed by atoms with Crippen LogP contribution in [0.2, 0.25) is 0 Å². The molecule has 0 aliphatic carbocycles. The van der Waals surface area contributed by atoms with Crippen molar-refractivity contribution < 1.29 is 22.4 Å². The maximum absolute atomic E-state index is 13.9. The molecule has 0 fully saturated rings. The number of nitrogens with zero attached hydrogens (tertiary/aromatic N) is 4. The van der Waals surface area contributed by atoms with E-state index in [4.69, 9.17) is 5.73 Å². The molecule has 6 nitrogen and oxygen atoms in total. The van der Waals surface area contributed by atoms with Gasteiger partial charge in [-0.05, 0) is 29.7 Å². The van der Waals surface area contributed by atoms with E-state index < -0.39 is 30.2 Å². The average Bonchev–Trinajstić information content (AvgIpc) is 3.06. The summed E-state index contributed by atoms with van der Waals surface area (Å²) in [7, 11) is 0. The monoisotopic (exact) mass is 433 g/mol. The van der Waals surface area contributed by atoms with E-state index in [2.05, 4.69) is 10.2 Å². The van der Waals surface area contributed by atoms with Crippen LogP contribution in [0.5, 0.6) is 0 Å². The van der Waals surface area contributed by atoms with Gasteiger partial charge in [-0.1, -0.05) is 18.2 Å². The summed E-state index contributed by atoms with van der Waals surface area (Å²) in [4.78, 5) is 14.4. The molecule has 1 amide bonds. The van der Waals surface area contributed by atoms with Crippen LogP contribution in [0.4, 0.5) is 17.6 Å². The number of rotatable bonds is 5. The van der Waals surface area contributed by atoms with E-state index in [1.54, 1.807) is 16.7 Å². The van der Waals surface area contributed by atoms with Crippen LogP contribution in [0.3, 0.4) is 0 Å². The van der Waals surface area contributed by atoms with Crippen LogP contribution in [0.15, 0.2) is 36.4 Å². The third-order valence-corrected chi connectivity index (χ3v) is 5.20. The molecule has 0 unspecified atom stereocenters. The molecule has 1 aliphatic heterocycles. The minimum absolute atomic E-state index is 0.0901. The number of halogens is 4. The SMILES string of the molecule is N[C@@H](CC(=O)N1Cc2ccccc2-n2c(CF)nnc2C1)Cc1cc(F)c(F)cc1F. The van der Waals surface area contributed by atoms with Crippen LogP contribution in [0.25, 0.3) is 5.69 Å². The second-order valence-electron chi connectivity index (χ2n) is 7.41. The number of benzene rings is 2. The lowest BCUT2D eigenvalue weighted by atomic mass is 10.0. The molecule has 4 rings (SSSR count). The highest BCUT2D eigenvalue weighted by Gasteiger charge is 2.27. The van der Waals surface area contributed by atoms with E-state index in [9.17, 15) is 22.4 Å². The van der Waals surface area contributed by atoms with Crippen molar-refractivity contribution in [2.45, 2.75) is 38.6 Å². The molecule has 0 saturated heterocycles. The van der Waals surface area contributed by atoms with Gasteiger partial charge in [0.15, 0.2) is 23.3 Å². The molecule has 0 saturated carbocycles. The van der Waals surface area contributed by atoms with Crippen molar-refractivity contribution in [1.82, 2.24) is 19.7 Å². The fraction of sp³-hybridized carbons (Fsp3) is 0.286. The topological polar surface area (TPSA) is 77.0 Å². The molecule has 31 heavy (non-hydrogen) atoms. The van der Waals surface area contributed by atoms with Gasteiger partial charge in [0.2, 0.25) is 5.91 Å². The van der Waals surface area contributed by atoms with Gasteiger partial charge in [0.25, 0.3) is 0 Å². The number of amides is 1. The summed E-state index contributed by atoms with van der Waals surface area (Å²) in [5.74, 6) is -3.16. The predicted molar refractivity (Wildman–Crippen MR) is 103 cm³/mol. The van der Waals surface area contributed by atoms with Gasteiger partial charge in [-0.15, -0.1) is 10.2 Å². The number of hydrogen-bond donors (Lipinski definition) is 1. The maximum atomic E-state index is 13.9. The Labute approximate surface area is 175 Å². The summed E-state index contributed by atoms with van der Waals surface area (Å²) < 4.78 is 55.4. The molecule has 1 aliphatic rings. The second-order valence-corrected chi connectivity index (χ2v) is 7.41. The number of fused-ring (bicyclic) bond motifs is 3. The number of nitrogens with two attached hydrogens (primary N) is 1. The van der Waals surface area contributed by atoms with Crippen molar-refractivity contribution in [3.05, 3.63) is 76.6 Å². The summed E-state index contributed by atoms with van der Waals surface area (Å²) in [6, 6.07) is 7.62. The van der Waals surface area contributed by atoms with Gasteiger partial charge in [-0.3, -0.25) is 9.36 Å². The number of carbonyl (C=O) groups is 1. The van der Waals surface area contributed by atoms with E-state index in [1.165, 1.54) is 4.90 Å². The zero-order valence-corrected chi connectivity index (χ0v) is 16.4. The first-order chi connectivity index (χ1) is 14.9. The Morgan fingerprint density at radius 2 is 1.81 bits per heavy atom. The summed E-state index contributed by atoms with van der Waals surface area (Å²) in [6.07, 6.45) is -0.286. The van der Waals surface area contributed by atoms with Crippen LogP contribution >= 0.6 is 0 Å². The van der Waals surface area contributed by atoms with Crippen molar-refractivity contribution in [2.75, 3.05) is 0 Å². The largest absolute Gasteiger partial charge is 0.331 e. The van der Waals surface area contributed by atoms with Crippen LogP contribution < -0.4 is 5.73 Å². The van der Waals surface area contributed by atoms with Gasteiger partial charge in [0.05, 0.1) is 12.2 Å². The van der Waals surface area contributed by atoms with Gasteiger partial charge in [0, 0.05) is 25.1 Å². The van der Waals surface area contributed by atoms with E-state index in [1.807, 2.05) is 12.1 Å². The van der Waals surface area contributed by atoms with Crippen molar-refractivity contribution >= 4 is 5.91 Å². The van der Waals surface area contributed by atoms with E-state index in [-0.39, 0.29) is 43.2 Å². The van der Waals surface area contributed by atoms with Crippen LogP contribution in [0, 0.1) is 17.5 Å². The zero-order chi connectivity index (χ0) is 22.1. The normalized spacial score (nSPS) is 14.0. The smallest absolute Gasteiger partial charge is 0.224 e. The molecule has 2 N–H and O–H groups in total. The summed E-state index contributed by atoms with van der Waals surface area (Å²) in [6.45, 7) is -0.469. The summed E-state index contributed by atoms with van der Waals surface area (Å²) in [5.41, 5.74) is 7.38. The Morgan fingerprint density at radius 1 is 1.06 bits per heavy atom. The molecule has 2 aromatic carbocycles. The number of alkyl halides is 1. The lowest BCUT2D eigenvalue weighted by molar-refractivity contribution is -0.132. The molecule has 10 heteroatoms. The Bertz CT molecular complexity index is 1130. The van der Waals surface area contributed by atoms with Crippen molar-refractivity contribution in [1.29, 1.82) is 0 Å². The summed E-state index contributed by atoms with van der Waals surface area (Å²) >= 11 is 0. The zero-order valence-electron chi connectivity index (χ0n) is 16.4. The first-order valence-electron chi connectivity index (χ1n) is 9.61. The lowest BCUT2D eigenvalue weighted by Crippen LogP contribution is -2.36. The van der Waals surface area contributed by atoms with Gasteiger partial charge >= 0.3 is 0 Å². The molecular weight excluding hydrogens is 414 g/mol. The third kappa shape index (κ3) is 4.15. The van der Waals surface area contributed by atoms with Gasteiger partial charge in [0.1, 0.15) is 12.5 Å². The average molecular weight is 433 g/mol. The van der Waals surface area contributed by atoms with Gasteiger partial charge < -0.3 is 10.6 Å². The minimum Gasteiger partial charge on any atom is -0.331 e. The fourth-order valence-corrected chi connectivity index (χ4v) is 3.72. The van der Waals surface area contributed by atoms with Crippen LogP contribution in [-0.2, 0) is 31.0 Å². The molecular formula is C21H19F4N5O. The number of carbonyl (C=O) groups excluding carboxylic acids is 1. The molecule has 3 aromatic rings. The Hall–Kier alpha value is -3.27. The molecule has 0 radical (unpaired) electrons. The highest BCUT2D eigenvalue weighted by molar-refractivity contribution is 5.77. The Kier molecular flexibility index (Phi) is 5.73. The van der Waals surface area contributed by atoms with Crippen molar-refractivity contribution in [3.8, 4) is 5.69 Å². The first kappa shape index (κ1) is 21.0. The quantitative estimate of drug-likeness (QED) is 0.496. The molecule has 0 bridgehead atoms. The fourth-order valence-electron chi connectivity index (χ4n) is 3.72. The minimum atomic E-state index is -1.29. The van der Waals surface area contributed by atoms with Crippen LogP contribution in [0.1, 0.15) is 29.2 Å². The highest BCUT2D eigenvalue weighted by Crippen LogP contribution is 2.26. The number of para-hydroxylation sites is 1. The molecule has 1 aromatic heterocycles. The van der Waals surface area contributed by atoms with Crippen LogP contribution in [-0.4, -0.2) is 31.6 Å². The Balaban J connectivity index is 1.53. The standard InChI is InChI=1S/C21H19F4N5O/c22-9-19-27-28-20-11-29(10-12-3-1-2-4-18(12)30(19)20)21(31)7-14(26)5-13-6-16(24)17(25)8-15(13)23/h1-4,6,8,14H,5,7,9-11,26H2/t14-/m1/s1. The van der Waals surface area contributed by atoms with Crippen molar-refractivity contribution in [3.63, 3.8) is 0 Å². The number of aromatic nitrogens is 3. The lowest BCUT2D eigenvalue weighted by Gasteiger charge is -2.22. The van der Waals surface area contributed by atoms with Gasteiger partial charge in [-0.2, -0.15) is 0 Å². The van der Waals surface area contributed by atoms with E-state index in [0.717, 1.165) is 11.6 Å². The molecule has 2 heterocycles. The van der Waals surface area contributed by atoms with E-state index in [0.29, 0.717) is 17.6 Å². The van der Waals surface area contributed by atoms with Gasteiger partial charge in [-0.25, -0.2) is 17.6 Å². The molecule has 162 valence electrons. The molecule has 1 atom stereocenters. The number of hydrogen-bond acceptors (Lipinski definition) is 4. The first-order valence-corrected chi connectivity index (χ1v) is 9.61. The molecule has 0 spiro atoms. The van der Waals surface area contributed by atoms with E-state index >= 15 is 0 Å². The predicted octanol–water partition coefficient (Wildman–Crippen LogP) is 2.96. The van der Waals surface area contributed by atoms with Crippen molar-refractivity contribution in [2.24, 2.45) is 5.73 Å². The Morgan fingerprint density at radius 3 is 2.58 bits per heavy atom.